The van der Waals surface area contributed by atoms with Crippen molar-refractivity contribution < 1.29 is 17.8 Å². The Morgan fingerprint density at radius 1 is 0.824 bits per heavy atom. The summed E-state index contributed by atoms with van der Waals surface area (Å²) in [5.74, 6) is 0. The van der Waals surface area contributed by atoms with E-state index in [4.69, 9.17) is 8.23 Å². The van der Waals surface area contributed by atoms with Crippen LogP contribution >= 0.6 is 0 Å². The summed E-state index contributed by atoms with van der Waals surface area (Å²) in [6, 6.07) is 0. The van der Waals surface area contributed by atoms with E-state index >= 15 is 0 Å². The Kier molecular flexibility index (Phi) is 5.74. The molecule has 2 N–H and O–H groups in total. The minimum Gasteiger partial charge on any atom is -0.421 e. The topological polar surface area (TPSA) is 76.7 Å². The van der Waals surface area contributed by atoms with Gasteiger partial charge in [-0.1, -0.05) is 0 Å². The van der Waals surface area contributed by atoms with Gasteiger partial charge in [0.25, 0.3) is 8.48 Å². The van der Waals surface area contributed by atoms with Crippen LogP contribution in [0.2, 0.25) is 39.3 Å². The molecule has 0 spiro atoms. The zero-order valence-corrected chi connectivity index (χ0v) is 14.3. The molecular formula is C8H22N2O4Si3. The number of amides is 2. The smallest absolute Gasteiger partial charge is 0.421 e. The predicted octanol–water partition coefficient (Wildman–Crippen LogP) is 0.617. The summed E-state index contributed by atoms with van der Waals surface area (Å²) in [6.07, 6.45) is 1.22. The van der Waals surface area contributed by atoms with Gasteiger partial charge < -0.3 is 18.2 Å². The van der Waals surface area contributed by atoms with Gasteiger partial charge in [0.15, 0.2) is 8.32 Å². The molecule has 0 aliphatic heterocycles. The molecule has 0 aromatic heterocycles. The first-order chi connectivity index (χ1) is 7.54. The zero-order valence-electron chi connectivity index (χ0n) is 11.3. The standard InChI is InChI=1S/C8H22N2O4Si3/c1-15(2,3)13-17(6,10-8-12)14-16(4,5)9-7-11/h7-8H,1-6H3,(H,9,11)(H,10,12). The van der Waals surface area contributed by atoms with Gasteiger partial charge in [0.2, 0.25) is 12.8 Å². The quantitative estimate of drug-likeness (QED) is 0.508. The second kappa shape index (κ2) is 5.91. The SMILES string of the molecule is C[Si](C)(C)O[Si](C)(NC=O)O[Si](C)(C)NC=O. The molecule has 0 rings (SSSR count). The molecule has 0 aliphatic rings. The first-order valence-corrected chi connectivity index (χ1v) is 14.0. The lowest BCUT2D eigenvalue weighted by atomic mass is 11.5. The molecule has 9 heteroatoms. The molecule has 0 saturated heterocycles. The number of hydrogen-bond acceptors (Lipinski definition) is 4. The second-order valence-corrected chi connectivity index (χ2v) is 16.6. The van der Waals surface area contributed by atoms with Crippen molar-refractivity contribution in [1.82, 2.24) is 9.96 Å². The van der Waals surface area contributed by atoms with Crippen molar-refractivity contribution in [2.75, 3.05) is 0 Å². The number of rotatable bonds is 8. The van der Waals surface area contributed by atoms with Gasteiger partial charge in [-0.15, -0.1) is 0 Å². The van der Waals surface area contributed by atoms with Gasteiger partial charge in [-0.05, 0) is 39.3 Å². The highest BCUT2D eigenvalue weighted by Crippen LogP contribution is 2.16. The van der Waals surface area contributed by atoms with Crippen LogP contribution < -0.4 is 9.96 Å². The van der Waals surface area contributed by atoms with E-state index in [1.807, 2.05) is 32.7 Å². The van der Waals surface area contributed by atoms with Gasteiger partial charge in [0.1, 0.15) is 0 Å². The lowest BCUT2D eigenvalue weighted by Gasteiger charge is -2.37. The number of nitrogens with one attached hydrogen (secondary N) is 2. The molecule has 0 radical (unpaired) electrons. The molecule has 2 amide bonds. The third-order valence-corrected chi connectivity index (χ3v) is 10.7. The van der Waals surface area contributed by atoms with Gasteiger partial charge in [-0.25, -0.2) is 0 Å². The first-order valence-electron chi connectivity index (χ1n) is 5.37. The molecule has 0 saturated carbocycles. The highest BCUT2D eigenvalue weighted by Gasteiger charge is 2.43. The van der Waals surface area contributed by atoms with Crippen LogP contribution in [-0.4, -0.2) is 38.3 Å². The Morgan fingerprint density at radius 2 is 1.29 bits per heavy atom. The summed E-state index contributed by atoms with van der Waals surface area (Å²) in [5.41, 5.74) is 0. The van der Waals surface area contributed by atoms with E-state index < -0.39 is 25.5 Å². The molecule has 0 bridgehead atoms. The van der Waals surface area contributed by atoms with Crippen LogP contribution in [0.3, 0.4) is 0 Å². The third kappa shape index (κ3) is 7.44. The molecule has 0 aliphatic carbocycles. The predicted molar refractivity (Wildman–Crippen MR) is 73.0 cm³/mol. The Bertz CT molecular complexity index is 282. The first kappa shape index (κ1) is 16.5. The minimum absolute atomic E-state index is 0.595. The molecule has 6 nitrogen and oxygen atoms in total. The van der Waals surface area contributed by atoms with Crippen LogP contribution in [0, 0.1) is 0 Å². The summed E-state index contributed by atoms with van der Waals surface area (Å²) in [7, 11) is -6.96. The van der Waals surface area contributed by atoms with Crippen molar-refractivity contribution in [2.24, 2.45) is 0 Å². The fourth-order valence-electron chi connectivity index (χ4n) is 1.43. The van der Waals surface area contributed by atoms with Crippen molar-refractivity contribution in [2.45, 2.75) is 39.3 Å². The largest absolute Gasteiger partial charge is 0.436 e. The summed E-state index contributed by atoms with van der Waals surface area (Å²) in [4.78, 5) is 26.5. The van der Waals surface area contributed by atoms with Crippen LogP contribution in [0.25, 0.3) is 0 Å². The van der Waals surface area contributed by atoms with Gasteiger partial charge >= 0.3 is 8.72 Å². The lowest BCUT2D eigenvalue weighted by Crippen LogP contribution is -2.65. The molecule has 0 heterocycles. The summed E-state index contributed by atoms with van der Waals surface area (Å²) in [5, 5.41) is 0. The van der Waals surface area contributed by atoms with Crippen molar-refractivity contribution in [3.63, 3.8) is 0 Å². The molecule has 100 valence electrons. The molecule has 0 fully saturated rings. The van der Waals surface area contributed by atoms with Gasteiger partial charge in [0, 0.05) is 0 Å². The van der Waals surface area contributed by atoms with Gasteiger partial charge in [-0.2, -0.15) is 0 Å². The minimum atomic E-state index is -2.77. The molecular weight excluding hydrogens is 272 g/mol. The van der Waals surface area contributed by atoms with E-state index in [2.05, 4.69) is 9.96 Å². The normalized spacial score (nSPS) is 15.9. The van der Waals surface area contributed by atoms with Crippen LogP contribution in [0.4, 0.5) is 0 Å². The lowest BCUT2D eigenvalue weighted by molar-refractivity contribution is -0.109. The van der Waals surface area contributed by atoms with E-state index in [1.165, 1.54) is 0 Å². The average Bonchev–Trinajstić information content (AvgIpc) is 1.96. The molecule has 0 aromatic rings. The van der Waals surface area contributed by atoms with Crippen molar-refractivity contribution in [3.05, 3.63) is 0 Å². The van der Waals surface area contributed by atoms with Crippen LogP contribution in [0.15, 0.2) is 0 Å². The zero-order chi connectivity index (χ0) is 13.7. The third-order valence-electron chi connectivity index (χ3n) is 1.68. The Labute approximate surface area is 106 Å². The average molecular weight is 295 g/mol. The number of hydrogen-bond donors (Lipinski definition) is 2. The van der Waals surface area contributed by atoms with Crippen molar-refractivity contribution in [1.29, 1.82) is 0 Å². The summed E-state index contributed by atoms with van der Waals surface area (Å²) < 4.78 is 11.8. The number of carbonyl (C=O) groups is 2. The highest BCUT2D eigenvalue weighted by molar-refractivity contribution is 6.87. The van der Waals surface area contributed by atoms with Crippen LogP contribution in [0.1, 0.15) is 0 Å². The maximum atomic E-state index is 10.7. The van der Waals surface area contributed by atoms with E-state index in [0.717, 1.165) is 0 Å². The van der Waals surface area contributed by atoms with E-state index in [0.29, 0.717) is 12.8 Å². The van der Waals surface area contributed by atoms with E-state index in [9.17, 15) is 9.59 Å². The Hall–Kier alpha value is -0.489. The van der Waals surface area contributed by atoms with Gasteiger partial charge in [0.05, 0.1) is 0 Å². The monoisotopic (exact) mass is 294 g/mol. The van der Waals surface area contributed by atoms with Gasteiger partial charge in [-0.3, -0.25) is 9.59 Å². The number of carbonyl (C=O) groups excluding carboxylic acids is 2. The van der Waals surface area contributed by atoms with Crippen molar-refractivity contribution in [3.8, 4) is 0 Å². The highest BCUT2D eigenvalue weighted by atomic mass is 28.5. The fourth-order valence-corrected chi connectivity index (χ4v) is 11.7. The molecule has 17 heavy (non-hydrogen) atoms. The summed E-state index contributed by atoms with van der Waals surface area (Å²) >= 11 is 0. The van der Waals surface area contributed by atoms with E-state index in [-0.39, 0.29) is 0 Å². The maximum absolute atomic E-state index is 10.7. The van der Waals surface area contributed by atoms with Crippen molar-refractivity contribution >= 4 is 38.3 Å². The Balaban J connectivity index is 4.82. The molecule has 0 aromatic carbocycles. The van der Waals surface area contributed by atoms with Crippen LogP contribution in [0.5, 0.6) is 0 Å². The van der Waals surface area contributed by atoms with Crippen LogP contribution in [-0.2, 0) is 17.8 Å². The van der Waals surface area contributed by atoms with E-state index in [1.54, 1.807) is 6.55 Å². The molecule has 1 atom stereocenters. The Morgan fingerprint density at radius 3 is 1.65 bits per heavy atom. The maximum Gasteiger partial charge on any atom is 0.436 e. The summed E-state index contributed by atoms with van der Waals surface area (Å²) in [6.45, 7) is 11.5. The second-order valence-electron chi connectivity index (χ2n) is 5.30. The molecule has 1 unspecified atom stereocenters. The fraction of sp³-hybridized carbons (Fsp3) is 0.750.